The standard InChI is InChI=1S/C28H29N5O/c34-27(23-8-6-7-22(19-23)21-14-17-29-18-15-21)32-28-31-25(9-4-5-16-30-24-12-13-24)20-33(28)26-10-2-1-3-11-26/h1-3,6-8,10-11,14-15,17-20,24,30H,4-5,9,12-13,16H2,(H,31,32,34). The molecule has 1 fully saturated rings. The molecule has 0 bridgehead atoms. The van der Waals surface area contributed by atoms with Gasteiger partial charge in [-0.3, -0.25) is 19.7 Å². The summed E-state index contributed by atoms with van der Waals surface area (Å²) in [5, 5.41) is 6.60. The van der Waals surface area contributed by atoms with E-state index in [4.69, 9.17) is 4.98 Å². The molecule has 172 valence electrons. The Bertz CT molecular complexity index is 1230. The smallest absolute Gasteiger partial charge is 0.258 e. The molecule has 0 saturated heterocycles. The zero-order valence-corrected chi connectivity index (χ0v) is 19.2. The summed E-state index contributed by atoms with van der Waals surface area (Å²) in [5.41, 5.74) is 4.54. The molecule has 0 unspecified atom stereocenters. The van der Waals surface area contributed by atoms with Gasteiger partial charge in [0.2, 0.25) is 5.95 Å². The topological polar surface area (TPSA) is 71.8 Å². The molecule has 6 nitrogen and oxygen atoms in total. The number of anilines is 1. The summed E-state index contributed by atoms with van der Waals surface area (Å²) in [6.07, 6.45) is 11.2. The number of imidazole rings is 1. The van der Waals surface area contributed by atoms with E-state index in [-0.39, 0.29) is 5.91 Å². The number of nitrogens with one attached hydrogen (secondary N) is 2. The third-order valence-electron chi connectivity index (χ3n) is 6.02. The van der Waals surface area contributed by atoms with Crippen LogP contribution in [0.1, 0.15) is 41.7 Å². The number of benzene rings is 2. The first-order chi connectivity index (χ1) is 16.8. The molecule has 2 aromatic heterocycles. The number of aryl methyl sites for hydroxylation is 1. The van der Waals surface area contributed by atoms with Gasteiger partial charge < -0.3 is 5.32 Å². The van der Waals surface area contributed by atoms with Crippen LogP contribution in [0.2, 0.25) is 0 Å². The van der Waals surface area contributed by atoms with Crippen LogP contribution in [0.5, 0.6) is 0 Å². The Morgan fingerprint density at radius 1 is 0.941 bits per heavy atom. The molecule has 0 atom stereocenters. The van der Waals surface area contributed by atoms with Crippen molar-refractivity contribution in [1.82, 2.24) is 19.9 Å². The van der Waals surface area contributed by atoms with Crippen molar-refractivity contribution in [3.05, 3.63) is 96.6 Å². The monoisotopic (exact) mass is 451 g/mol. The van der Waals surface area contributed by atoms with E-state index in [0.29, 0.717) is 11.5 Å². The van der Waals surface area contributed by atoms with Gasteiger partial charge in [-0.15, -0.1) is 0 Å². The highest BCUT2D eigenvalue weighted by molar-refractivity contribution is 6.04. The Labute approximate surface area is 200 Å². The van der Waals surface area contributed by atoms with Crippen molar-refractivity contribution in [2.45, 2.75) is 38.1 Å². The van der Waals surface area contributed by atoms with E-state index in [2.05, 4.69) is 15.6 Å². The van der Waals surface area contributed by atoms with Gasteiger partial charge in [-0.2, -0.15) is 0 Å². The van der Waals surface area contributed by atoms with Gasteiger partial charge in [-0.05, 0) is 86.2 Å². The fraction of sp³-hybridized carbons (Fsp3) is 0.250. The quantitative estimate of drug-likeness (QED) is 0.323. The number of amides is 1. The highest BCUT2D eigenvalue weighted by atomic mass is 16.1. The molecule has 2 N–H and O–H groups in total. The van der Waals surface area contributed by atoms with Crippen molar-refractivity contribution in [3.63, 3.8) is 0 Å². The van der Waals surface area contributed by atoms with Crippen molar-refractivity contribution in [1.29, 1.82) is 0 Å². The number of hydrogen-bond acceptors (Lipinski definition) is 4. The second-order valence-electron chi connectivity index (χ2n) is 8.72. The van der Waals surface area contributed by atoms with E-state index in [0.717, 1.165) is 54.4 Å². The average Bonchev–Trinajstić information content (AvgIpc) is 3.63. The van der Waals surface area contributed by atoms with Gasteiger partial charge in [0, 0.05) is 35.9 Å². The molecule has 1 aliphatic rings. The molecule has 2 aromatic carbocycles. The minimum atomic E-state index is -0.182. The summed E-state index contributed by atoms with van der Waals surface area (Å²) < 4.78 is 1.96. The van der Waals surface area contributed by atoms with Gasteiger partial charge in [-0.1, -0.05) is 30.3 Å². The first kappa shape index (κ1) is 22.0. The van der Waals surface area contributed by atoms with E-state index < -0.39 is 0 Å². The molecular formula is C28H29N5O. The highest BCUT2D eigenvalue weighted by Crippen LogP contribution is 2.22. The van der Waals surface area contributed by atoms with Crippen LogP contribution in [0, 0.1) is 0 Å². The van der Waals surface area contributed by atoms with Crippen LogP contribution in [0.3, 0.4) is 0 Å². The van der Waals surface area contributed by atoms with E-state index in [1.54, 1.807) is 12.4 Å². The van der Waals surface area contributed by atoms with Crippen LogP contribution in [0.4, 0.5) is 5.95 Å². The molecule has 1 saturated carbocycles. The lowest BCUT2D eigenvalue weighted by Gasteiger charge is -2.10. The SMILES string of the molecule is O=C(Nc1nc(CCCCNC2CC2)cn1-c1ccccc1)c1cccc(-c2ccncc2)c1. The van der Waals surface area contributed by atoms with Crippen LogP contribution in [0.15, 0.2) is 85.3 Å². The third-order valence-corrected chi connectivity index (χ3v) is 6.02. The zero-order valence-electron chi connectivity index (χ0n) is 19.2. The maximum atomic E-state index is 13.2. The minimum absolute atomic E-state index is 0.182. The first-order valence-electron chi connectivity index (χ1n) is 12.0. The van der Waals surface area contributed by atoms with Crippen LogP contribution >= 0.6 is 0 Å². The molecule has 4 aromatic rings. The minimum Gasteiger partial charge on any atom is -0.314 e. The van der Waals surface area contributed by atoms with E-state index in [1.165, 1.54) is 12.8 Å². The fourth-order valence-electron chi connectivity index (χ4n) is 4.01. The predicted molar refractivity (Wildman–Crippen MR) is 135 cm³/mol. The second kappa shape index (κ2) is 10.4. The van der Waals surface area contributed by atoms with E-state index in [1.807, 2.05) is 77.5 Å². The maximum Gasteiger partial charge on any atom is 0.258 e. The van der Waals surface area contributed by atoms with Crippen LogP contribution in [-0.2, 0) is 6.42 Å². The first-order valence-corrected chi connectivity index (χ1v) is 12.0. The molecule has 2 heterocycles. The normalized spacial score (nSPS) is 13.1. The van der Waals surface area contributed by atoms with E-state index >= 15 is 0 Å². The second-order valence-corrected chi connectivity index (χ2v) is 8.72. The van der Waals surface area contributed by atoms with Gasteiger partial charge in [-0.25, -0.2) is 4.98 Å². The summed E-state index contributed by atoms with van der Waals surface area (Å²) in [4.78, 5) is 22.0. The number of aromatic nitrogens is 3. The molecule has 5 rings (SSSR count). The molecule has 1 aliphatic carbocycles. The van der Waals surface area contributed by atoms with Crippen molar-refractivity contribution >= 4 is 11.9 Å². The molecule has 0 aliphatic heterocycles. The van der Waals surface area contributed by atoms with Gasteiger partial charge in [0.05, 0.1) is 5.69 Å². The zero-order chi connectivity index (χ0) is 23.2. The fourth-order valence-corrected chi connectivity index (χ4v) is 4.01. The van der Waals surface area contributed by atoms with Crippen LogP contribution in [-0.4, -0.2) is 33.0 Å². The molecule has 0 radical (unpaired) electrons. The highest BCUT2D eigenvalue weighted by Gasteiger charge is 2.19. The van der Waals surface area contributed by atoms with Crippen molar-refractivity contribution in [3.8, 4) is 16.8 Å². The Balaban J connectivity index is 1.32. The number of carbonyl (C=O) groups is 1. The summed E-state index contributed by atoms with van der Waals surface area (Å²) >= 11 is 0. The Hall–Kier alpha value is -3.77. The third kappa shape index (κ3) is 5.58. The lowest BCUT2D eigenvalue weighted by molar-refractivity contribution is 0.102. The predicted octanol–water partition coefficient (Wildman–Crippen LogP) is 5.26. The molecule has 1 amide bonds. The Kier molecular flexibility index (Phi) is 6.77. The largest absolute Gasteiger partial charge is 0.314 e. The van der Waals surface area contributed by atoms with Gasteiger partial charge in [0.15, 0.2) is 0 Å². The van der Waals surface area contributed by atoms with Gasteiger partial charge in [0.1, 0.15) is 0 Å². The van der Waals surface area contributed by atoms with Crippen LogP contribution < -0.4 is 10.6 Å². The Morgan fingerprint density at radius 2 is 1.76 bits per heavy atom. The van der Waals surface area contributed by atoms with Crippen molar-refractivity contribution in [2.24, 2.45) is 0 Å². The lowest BCUT2D eigenvalue weighted by Crippen LogP contribution is -2.17. The Morgan fingerprint density at radius 3 is 2.56 bits per heavy atom. The summed E-state index contributed by atoms with van der Waals surface area (Å²) in [6, 6.07) is 22.2. The maximum absolute atomic E-state index is 13.2. The van der Waals surface area contributed by atoms with Gasteiger partial charge >= 0.3 is 0 Å². The number of hydrogen-bond donors (Lipinski definition) is 2. The van der Waals surface area contributed by atoms with Gasteiger partial charge in [0.25, 0.3) is 5.91 Å². The number of para-hydroxylation sites is 1. The molecule has 6 heteroatoms. The van der Waals surface area contributed by atoms with Crippen molar-refractivity contribution in [2.75, 3.05) is 11.9 Å². The number of pyridine rings is 1. The van der Waals surface area contributed by atoms with Crippen LogP contribution in [0.25, 0.3) is 16.8 Å². The number of unbranched alkanes of at least 4 members (excludes halogenated alkanes) is 1. The number of carbonyl (C=O) groups excluding carboxylic acids is 1. The van der Waals surface area contributed by atoms with E-state index in [9.17, 15) is 4.79 Å². The molecular weight excluding hydrogens is 422 g/mol. The average molecular weight is 452 g/mol. The number of rotatable bonds is 10. The molecule has 0 spiro atoms. The van der Waals surface area contributed by atoms with Crippen molar-refractivity contribution < 1.29 is 4.79 Å². The lowest BCUT2D eigenvalue weighted by atomic mass is 10.0. The number of nitrogens with zero attached hydrogens (tertiary/aromatic N) is 3. The molecule has 34 heavy (non-hydrogen) atoms. The summed E-state index contributed by atoms with van der Waals surface area (Å²) in [6.45, 7) is 1.06. The summed E-state index contributed by atoms with van der Waals surface area (Å²) in [5.74, 6) is 0.357. The summed E-state index contributed by atoms with van der Waals surface area (Å²) in [7, 11) is 0.